The molecule has 2 heterocycles. The SMILES string of the molecule is COc1cc(OC)c(OC)cc1NC(=O)c1cc(C2CC2)nc2onc(-c3ccccc3)c12. The van der Waals surface area contributed by atoms with Crippen LogP contribution in [-0.2, 0) is 0 Å². The fourth-order valence-electron chi connectivity index (χ4n) is 3.85. The Bertz CT molecular complexity index is 1330. The number of amides is 1. The number of aromatic nitrogens is 2. The highest BCUT2D eigenvalue weighted by Gasteiger charge is 2.29. The Morgan fingerprint density at radius 1 is 0.970 bits per heavy atom. The molecule has 4 aromatic rings. The van der Waals surface area contributed by atoms with Gasteiger partial charge >= 0.3 is 0 Å². The first-order chi connectivity index (χ1) is 16.1. The second kappa shape index (κ2) is 8.46. The van der Waals surface area contributed by atoms with Crippen LogP contribution in [0.3, 0.4) is 0 Å². The van der Waals surface area contributed by atoms with Crippen LogP contribution >= 0.6 is 0 Å². The number of carbonyl (C=O) groups is 1. The van der Waals surface area contributed by atoms with Crippen molar-refractivity contribution in [3.63, 3.8) is 0 Å². The summed E-state index contributed by atoms with van der Waals surface area (Å²) in [4.78, 5) is 18.2. The molecule has 1 aliphatic carbocycles. The number of nitrogens with one attached hydrogen (secondary N) is 1. The van der Waals surface area contributed by atoms with E-state index >= 15 is 0 Å². The van der Waals surface area contributed by atoms with E-state index in [1.54, 1.807) is 19.2 Å². The highest BCUT2D eigenvalue weighted by Crippen LogP contribution is 2.42. The minimum absolute atomic E-state index is 0.324. The largest absolute Gasteiger partial charge is 0.494 e. The van der Waals surface area contributed by atoms with Crippen molar-refractivity contribution in [2.24, 2.45) is 0 Å². The summed E-state index contributed by atoms with van der Waals surface area (Å²) >= 11 is 0. The van der Waals surface area contributed by atoms with Gasteiger partial charge in [0.1, 0.15) is 11.4 Å². The van der Waals surface area contributed by atoms with Crippen LogP contribution in [0.25, 0.3) is 22.4 Å². The summed E-state index contributed by atoms with van der Waals surface area (Å²) in [6.45, 7) is 0. The summed E-state index contributed by atoms with van der Waals surface area (Å²) < 4.78 is 21.8. The van der Waals surface area contributed by atoms with Crippen molar-refractivity contribution in [1.82, 2.24) is 10.1 Å². The zero-order valence-corrected chi connectivity index (χ0v) is 18.5. The lowest BCUT2D eigenvalue weighted by Crippen LogP contribution is -2.14. The van der Waals surface area contributed by atoms with Gasteiger partial charge in [-0.2, -0.15) is 0 Å². The lowest BCUT2D eigenvalue weighted by molar-refractivity contribution is 0.102. The molecule has 8 heteroatoms. The van der Waals surface area contributed by atoms with Crippen molar-refractivity contribution in [3.05, 3.63) is 59.8 Å². The number of ether oxygens (including phenoxy) is 3. The van der Waals surface area contributed by atoms with Crippen LogP contribution in [0.1, 0.15) is 34.8 Å². The Balaban J connectivity index is 1.62. The van der Waals surface area contributed by atoms with E-state index < -0.39 is 0 Å². The fourth-order valence-corrected chi connectivity index (χ4v) is 3.85. The summed E-state index contributed by atoms with van der Waals surface area (Å²) in [5, 5.41) is 7.77. The molecule has 0 atom stereocenters. The van der Waals surface area contributed by atoms with E-state index in [1.807, 2.05) is 36.4 Å². The summed E-state index contributed by atoms with van der Waals surface area (Å²) in [5.74, 6) is 1.43. The molecule has 1 fully saturated rings. The first-order valence-corrected chi connectivity index (χ1v) is 10.6. The van der Waals surface area contributed by atoms with E-state index in [9.17, 15) is 4.79 Å². The molecular formula is C25H23N3O5. The van der Waals surface area contributed by atoms with Gasteiger partial charge in [-0.15, -0.1) is 0 Å². The zero-order chi connectivity index (χ0) is 22.9. The Hall–Kier alpha value is -4.07. The molecule has 0 bridgehead atoms. The minimum atomic E-state index is -0.324. The van der Waals surface area contributed by atoms with E-state index in [4.69, 9.17) is 18.7 Å². The number of carbonyl (C=O) groups excluding carboxylic acids is 1. The number of hydrogen-bond acceptors (Lipinski definition) is 7. The van der Waals surface area contributed by atoms with Crippen LogP contribution in [0.4, 0.5) is 5.69 Å². The summed E-state index contributed by atoms with van der Waals surface area (Å²) in [7, 11) is 4.60. The van der Waals surface area contributed by atoms with Gasteiger partial charge in [-0.05, 0) is 18.9 Å². The number of fused-ring (bicyclic) bond motifs is 1. The molecule has 1 saturated carbocycles. The molecule has 0 aliphatic heterocycles. The molecule has 5 rings (SSSR count). The van der Waals surface area contributed by atoms with Crippen molar-refractivity contribution < 1.29 is 23.5 Å². The molecule has 1 aliphatic rings. The van der Waals surface area contributed by atoms with Gasteiger partial charge in [-0.25, -0.2) is 4.98 Å². The van der Waals surface area contributed by atoms with Crippen LogP contribution in [0.15, 0.2) is 53.1 Å². The lowest BCUT2D eigenvalue weighted by Gasteiger charge is -2.15. The average Bonchev–Trinajstić information content (AvgIpc) is 3.62. The molecule has 0 saturated heterocycles. The summed E-state index contributed by atoms with van der Waals surface area (Å²) in [5.41, 5.74) is 3.50. The van der Waals surface area contributed by atoms with Gasteiger partial charge in [0.25, 0.3) is 11.6 Å². The molecule has 0 radical (unpaired) electrons. The number of anilines is 1. The van der Waals surface area contributed by atoms with Gasteiger partial charge in [0, 0.05) is 29.3 Å². The van der Waals surface area contributed by atoms with Crippen molar-refractivity contribution in [2.75, 3.05) is 26.6 Å². The van der Waals surface area contributed by atoms with Crippen LogP contribution in [0.2, 0.25) is 0 Å². The van der Waals surface area contributed by atoms with Gasteiger partial charge in [-0.1, -0.05) is 35.5 Å². The third-order valence-corrected chi connectivity index (χ3v) is 5.71. The molecule has 2 aromatic heterocycles. The molecule has 1 amide bonds. The third kappa shape index (κ3) is 3.84. The second-order valence-corrected chi connectivity index (χ2v) is 7.81. The zero-order valence-electron chi connectivity index (χ0n) is 18.5. The topological polar surface area (TPSA) is 95.7 Å². The highest BCUT2D eigenvalue weighted by atomic mass is 16.5. The van der Waals surface area contributed by atoms with E-state index in [2.05, 4.69) is 15.5 Å². The first kappa shape index (κ1) is 20.8. The van der Waals surface area contributed by atoms with Crippen LogP contribution in [0, 0.1) is 0 Å². The van der Waals surface area contributed by atoms with Crippen LogP contribution in [-0.4, -0.2) is 37.4 Å². The molecular weight excluding hydrogens is 422 g/mol. The number of nitrogens with zero attached hydrogens (tertiary/aromatic N) is 2. The molecule has 1 N–H and O–H groups in total. The van der Waals surface area contributed by atoms with Gasteiger partial charge < -0.3 is 24.1 Å². The predicted octanol–water partition coefficient (Wildman–Crippen LogP) is 5.05. The third-order valence-electron chi connectivity index (χ3n) is 5.71. The monoisotopic (exact) mass is 445 g/mol. The minimum Gasteiger partial charge on any atom is -0.494 e. The van der Waals surface area contributed by atoms with E-state index in [0.717, 1.165) is 24.1 Å². The Morgan fingerprint density at radius 2 is 1.67 bits per heavy atom. The quantitative estimate of drug-likeness (QED) is 0.425. The Kier molecular flexibility index (Phi) is 5.34. The molecule has 0 spiro atoms. The van der Waals surface area contributed by atoms with Gasteiger partial charge in [0.15, 0.2) is 11.5 Å². The Labute approximate surface area is 190 Å². The Morgan fingerprint density at radius 3 is 2.33 bits per heavy atom. The number of rotatable bonds is 7. The summed E-state index contributed by atoms with van der Waals surface area (Å²) in [6.07, 6.45) is 2.09. The smallest absolute Gasteiger partial charge is 0.259 e. The average molecular weight is 445 g/mol. The first-order valence-electron chi connectivity index (χ1n) is 10.6. The highest BCUT2D eigenvalue weighted by molar-refractivity contribution is 6.15. The maximum Gasteiger partial charge on any atom is 0.259 e. The molecule has 0 unspecified atom stereocenters. The van der Waals surface area contributed by atoms with Gasteiger partial charge in [-0.3, -0.25) is 4.79 Å². The van der Waals surface area contributed by atoms with E-state index in [1.165, 1.54) is 14.2 Å². The van der Waals surface area contributed by atoms with Crippen molar-refractivity contribution in [2.45, 2.75) is 18.8 Å². The molecule has 8 nitrogen and oxygen atoms in total. The number of hydrogen-bond donors (Lipinski definition) is 1. The molecule has 168 valence electrons. The molecule has 2 aromatic carbocycles. The summed E-state index contributed by atoms with van der Waals surface area (Å²) in [6, 6.07) is 14.8. The van der Waals surface area contributed by atoms with Gasteiger partial charge in [0.2, 0.25) is 0 Å². The number of methoxy groups -OCH3 is 3. The van der Waals surface area contributed by atoms with E-state index in [-0.39, 0.29) is 5.91 Å². The normalized spacial score (nSPS) is 13.1. The second-order valence-electron chi connectivity index (χ2n) is 7.81. The molecule has 33 heavy (non-hydrogen) atoms. The predicted molar refractivity (Wildman–Crippen MR) is 123 cm³/mol. The fraction of sp³-hybridized carbons (Fsp3) is 0.240. The lowest BCUT2D eigenvalue weighted by atomic mass is 10.0. The van der Waals surface area contributed by atoms with Crippen molar-refractivity contribution in [3.8, 4) is 28.5 Å². The van der Waals surface area contributed by atoms with Crippen LogP contribution in [0.5, 0.6) is 17.2 Å². The standard InChI is InChI=1S/C25H23N3O5/c1-30-19-13-21(32-3)20(31-2)12-18(19)26-24(29)16-11-17(14-9-10-14)27-25-22(16)23(28-33-25)15-7-5-4-6-8-15/h4-8,11-14H,9-10H2,1-3H3,(H,26,29). The van der Waals surface area contributed by atoms with Gasteiger partial charge in [0.05, 0.1) is 38.0 Å². The maximum absolute atomic E-state index is 13.6. The number of benzene rings is 2. The van der Waals surface area contributed by atoms with Crippen LogP contribution < -0.4 is 19.5 Å². The van der Waals surface area contributed by atoms with E-state index in [0.29, 0.717) is 51.2 Å². The maximum atomic E-state index is 13.6. The van der Waals surface area contributed by atoms with Crippen molar-refractivity contribution >= 4 is 22.7 Å². The van der Waals surface area contributed by atoms with Crippen molar-refractivity contribution in [1.29, 1.82) is 0 Å². The number of pyridine rings is 1.